The van der Waals surface area contributed by atoms with Crippen LogP contribution in [0.2, 0.25) is 0 Å². The van der Waals surface area contributed by atoms with Gasteiger partial charge in [0.25, 0.3) is 0 Å². The Kier molecular flexibility index (Phi) is 6.73. The SMILES string of the molecule is CCNCc1cc(S(=O)(=O)NCC(C)OC)cc(C)c1F. The van der Waals surface area contributed by atoms with Crippen LogP contribution in [-0.4, -0.2) is 34.7 Å². The zero-order valence-electron chi connectivity index (χ0n) is 12.9. The van der Waals surface area contributed by atoms with Gasteiger partial charge in [0, 0.05) is 25.8 Å². The Morgan fingerprint density at radius 2 is 2.05 bits per heavy atom. The number of methoxy groups -OCH3 is 1. The average molecular weight is 318 g/mol. The molecule has 1 aromatic rings. The second-order valence-electron chi connectivity index (χ2n) is 4.89. The summed E-state index contributed by atoms with van der Waals surface area (Å²) in [6, 6.07) is 2.70. The molecule has 1 atom stereocenters. The first-order valence-electron chi connectivity index (χ1n) is 6.84. The quantitative estimate of drug-likeness (QED) is 0.763. The van der Waals surface area contributed by atoms with Crippen LogP contribution in [0.1, 0.15) is 25.0 Å². The summed E-state index contributed by atoms with van der Waals surface area (Å²) in [5, 5.41) is 3.00. The summed E-state index contributed by atoms with van der Waals surface area (Å²) in [5.74, 6) is -0.375. The van der Waals surface area contributed by atoms with Crippen LogP contribution in [0.4, 0.5) is 4.39 Å². The molecule has 1 unspecified atom stereocenters. The third kappa shape index (κ3) is 5.03. The molecule has 1 rings (SSSR count). The molecule has 0 aromatic heterocycles. The molecule has 0 amide bonds. The number of benzene rings is 1. The predicted molar refractivity (Wildman–Crippen MR) is 80.2 cm³/mol. The molecule has 0 bridgehead atoms. The summed E-state index contributed by atoms with van der Waals surface area (Å²) in [6.45, 7) is 6.35. The van der Waals surface area contributed by atoms with Gasteiger partial charge in [0.1, 0.15) is 5.82 Å². The molecule has 0 fully saturated rings. The Labute approximate surface area is 125 Å². The fourth-order valence-electron chi connectivity index (χ4n) is 1.74. The van der Waals surface area contributed by atoms with Crippen molar-refractivity contribution >= 4 is 10.0 Å². The van der Waals surface area contributed by atoms with Crippen LogP contribution in [0.15, 0.2) is 17.0 Å². The van der Waals surface area contributed by atoms with Crippen molar-refractivity contribution < 1.29 is 17.5 Å². The smallest absolute Gasteiger partial charge is 0.240 e. The number of sulfonamides is 1. The van der Waals surface area contributed by atoms with Crippen molar-refractivity contribution in [3.8, 4) is 0 Å². The van der Waals surface area contributed by atoms with E-state index in [1.165, 1.54) is 19.2 Å². The van der Waals surface area contributed by atoms with Crippen molar-refractivity contribution in [3.05, 3.63) is 29.1 Å². The van der Waals surface area contributed by atoms with Crippen molar-refractivity contribution in [1.29, 1.82) is 0 Å². The van der Waals surface area contributed by atoms with Crippen molar-refractivity contribution in [2.75, 3.05) is 20.2 Å². The summed E-state index contributed by atoms with van der Waals surface area (Å²) < 4.78 is 45.9. The average Bonchev–Trinajstić information content (AvgIpc) is 2.46. The van der Waals surface area contributed by atoms with E-state index in [1.807, 2.05) is 6.92 Å². The highest BCUT2D eigenvalue weighted by atomic mass is 32.2. The van der Waals surface area contributed by atoms with E-state index in [2.05, 4.69) is 10.0 Å². The van der Waals surface area contributed by atoms with Crippen LogP contribution in [0.25, 0.3) is 0 Å². The highest BCUT2D eigenvalue weighted by Gasteiger charge is 2.18. The van der Waals surface area contributed by atoms with Crippen LogP contribution in [0, 0.1) is 12.7 Å². The van der Waals surface area contributed by atoms with E-state index in [0.717, 1.165) is 0 Å². The van der Waals surface area contributed by atoms with Gasteiger partial charge in [0.2, 0.25) is 10.0 Å². The van der Waals surface area contributed by atoms with Gasteiger partial charge in [-0.15, -0.1) is 0 Å². The number of nitrogens with one attached hydrogen (secondary N) is 2. The minimum Gasteiger partial charge on any atom is -0.380 e. The first kappa shape index (κ1) is 18.0. The molecular weight excluding hydrogens is 295 g/mol. The number of ether oxygens (including phenoxy) is 1. The summed E-state index contributed by atoms with van der Waals surface area (Å²) in [5.41, 5.74) is 0.655. The van der Waals surface area contributed by atoms with Gasteiger partial charge in [-0.25, -0.2) is 17.5 Å². The summed E-state index contributed by atoms with van der Waals surface area (Å²) in [7, 11) is -2.17. The molecule has 0 aliphatic rings. The van der Waals surface area contributed by atoms with Gasteiger partial charge < -0.3 is 10.1 Å². The maximum Gasteiger partial charge on any atom is 0.240 e. The first-order valence-corrected chi connectivity index (χ1v) is 8.32. The molecule has 120 valence electrons. The van der Waals surface area contributed by atoms with E-state index < -0.39 is 10.0 Å². The molecule has 1 aromatic carbocycles. The number of hydrogen-bond acceptors (Lipinski definition) is 4. The van der Waals surface area contributed by atoms with Crippen LogP contribution in [0.5, 0.6) is 0 Å². The maximum atomic E-state index is 14.0. The van der Waals surface area contributed by atoms with Crippen molar-refractivity contribution in [2.45, 2.75) is 38.3 Å². The molecule has 2 N–H and O–H groups in total. The molecule has 0 heterocycles. The summed E-state index contributed by atoms with van der Waals surface area (Å²) >= 11 is 0. The molecule has 0 saturated carbocycles. The zero-order chi connectivity index (χ0) is 16.0. The Morgan fingerprint density at radius 3 is 2.62 bits per heavy atom. The lowest BCUT2D eigenvalue weighted by molar-refractivity contribution is 0.122. The van der Waals surface area contributed by atoms with Crippen LogP contribution < -0.4 is 10.0 Å². The van der Waals surface area contributed by atoms with Gasteiger partial charge in [0.15, 0.2) is 0 Å². The van der Waals surface area contributed by atoms with E-state index in [-0.39, 0.29) is 23.4 Å². The highest BCUT2D eigenvalue weighted by molar-refractivity contribution is 7.89. The molecule has 0 spiro atoms. The Bertz CT molecular complexity index is 576. The molecule has 0 aliphatic heterocycles. The highest BCUT2D eigenvalue weighted by Crippen LogP contribution is 2.19. The minimum absolute atomic E-state index is 0.0672. The fourth-order valence-corrected chi connectivity index (χ4v) is 2.99. The van der Waals surface area contributed by atoms with Crippen LogP contribution in [0.3, 0.4) is 0 Å². The predicted octanol–water partition coefficient (Wildman–Crippen LogP) is 1.56. The number of aryl methyl sites for hydroxylation is 1. The number of halogens is 1. The molecule has 0 saturated heterocycles. The monoisotopic (exact) mass is 318 g/mol. The van der Waals surface area contributed by atoms with Gasteiger partial charge >= 0.3 is 0 Å². The lowest BCUT2D eigenvalue weighted by Crippen LogP contribution is -2.31. The number of rotatable bonds is 8. The van der Waals surface area contributed by atoms with Crippen LogP contribution in [-0.2, 0) is 21.3 Å². The second-order valence-corrected chi connectivity index (χ2v) is 6.66. The summed E-state index contributed by atoms with van der Waals surface area (Å²) in [6.07, 6.45) is -0.234. The van der Waals surface area contributed by atoms with Gasteiger partial charge in [-0.3, -0.25) is 0 Å². The van der Waals surface area contributed by atoms with E-state index in [1.54, 1.807) is 13.8 Å². The summed E-state index contributed by atoms with van der Waals surface area (Å²) in [4.78, 5) is 0.0672. The van der Waals surface area contributed by atoms with Gasteiger partial charge in [-0.1, -0.05) is 6.92 Å². The van der Waals surface area contributed by atoms with E-state index >= 15 is 0 Å². The zero-order valence-corrected chi connectivity index (χ0v) is 13.7. The van der Waals surface area contributed by atoms with E-state index in [0.29, 0.717) is 24.2 Å². The van der Waals surface area contributed by atoms with E-state index in [9.17, 15) is 12.8 Å². The fraction of sp³-hybridized carbons (Fsp3) is 0.571. The molecule has 0 radical (unpaired) electrons. The minimum atomic E-state index is -3.68. The van der Waals surface area contributed by atoms with Gasteiger partial charge in [0.05, 0.1) is 11.0 Å². The molecular formula is C14H23FN2O3S. The van der Waals surface area contributed by atoms with Crippen LogP contribution >= 0.6 is 0 Å². The maximum absolute atomic E-state index is 14.0. The van der Waals surface area contributed by atoms with Gasteiger partial charge in [-0.05, 0) is 38.1 Å². The van der Waals surface area contributed by atoms with Crippen molar-refractivity contribution in [3.63, 3.8) is 0 Å². The molecule has 21 heavy (non-hydrogen) atoms. The Balaban J connectivity index is 3.03. The molecule has 5 nitrogen and oxygen atoms in total. The lowest BCUT2D eigenvalue weighted by Gasteiger charge is -2.14. The van der Waals surface area contributed by atoms with Crippen molar-refractivity contribution in [1.82, 2.24) is 10.0 Å². The van der Waals surface area contributed by atoms with E-state index in [4.69, 9.17) is 4.74 Å². The standard InChI is InChI=1S/C14H23FN2O3S/c1-5-16-9-12-7-13(6-10(2)14(12)15)21(18,19)17-8-11(3)20-4/h6-7,11,16-17H,5,8-9H2,1-4H3. The third-order valence-corrected chi connectivity index (χ3v) is 4.55. The third-order valence-electron chi connectivity index (χ3n) is 3.14. The molecule has 7 heteroatoms. The topological polar surface area (TPSA) is 67.4 Å². The Morgan fingerprint density at radius 1 is 1.38 bits per heavy atom. The normalized spacial score (nSPS) is 13.4. The molecule has 0 aliphatic carbocycles. The second kappa shape index (κ2) is 7.84. The lowest BCUT2D eigenvalue weighted by atomic mass is 10.1. The first-order chi connectivity index (χ1) is 9.81. The van der Waals surface area contributed by atoms with Crippen molar-refractivity contribution in [2.24, 2.45) is 0 Å². The number of hydrogen-bond donors (Lipinski definition) is 2. The van der Waals surface area contributed by atoms with Gasteiger partial charge in [-0.2, -0.15) is 0 Å². The Hall–Kier alpha value is -1.02. The largest absolute Gasteiger partial charge is 0.380 e.